The Balaban J connectivity index is 4.34. The molecule has 0 heterocycles. The summed E-state index contributed by atoms with van der Waals surface area (Å²) in [6.07, 6.45) is 78.6. The monoisotopic (exact) mass is 1050 g/mol. The van der Waals surface area contributed by atoms with E-state index in [1.54, 1.807) is 0 Å². The molecule has 0 spiro atoms. The lowest BCUT2D eigenvalue weighted by molar-refractivity contribution is -0.167. The highest BCUT2D eigenvalue weighted by Gasteiger charge is 2.19. The highest BCUT2D eigenvalue weighted by Crippen LogP contribution is 2.18. The quantitative estimate of drug-likeness (QED) is 0.0261. The SMILES string of the molecule is CCCCCCC/C=C\C/C=C\C/C=C\CCCCCCCCC(=O)OCC(COC(=O)CCCCCCCCCCCCCCCCCC)OC(=O)CCCCCCCCCCCCCCCCCCCCCC. The molecule has 0 aromatic carbocycles. The van der Waals surface area contributed by atoms with Gasteiger partial charge in [-0.2, -0.15) is 0 Å². The van der Waals surface area contributed by atoms with Crippen LogP contribution in [0.25, 0.3) is 0 Å². The Kier molecular flexibility index (Phi) is 62.1. The molecule has 1 unspecified atom stereocenters. The lowest BCUT2D eigenvalue weighted by Gasteiger charge is -2.18. The van der Waals surface area contributed by atoms with Crippen molar-refractivity contribution in [2.75, 3.05) is 13.2 Å². The molecule has 0 radical (unpaired) electrons. The highest BCUT2D eigenvalue weighted by atomic mass is 16.6. The predicted octanol–water partition coefficient (Wildman–Crippen LogP) is 22.8. The number of rotatable bonds is 62. The summed E-state index contributed by atoms with van der Waals surface area (Å²) in [5.74, 6) is -0.855. The van der Waals surface area contributed by atoms with E-state index >= 15 is 0 Å². The Morgan fingerprint density at radius 3 is 0.747 bits per heavy atom. The van der Waals surface area contributed by atoms with E-state index in [2.05, 4.69) is 57.2 Å². The number of esters is 3. The van der Waals surface area contributed by atoms with Crippen LogP contribution in [0.3, 0.4) is 0 Å². The van der Waals surface area contributed by atoms with E-state index in [-0.39, 0.29) is 31.1 Å². The van der Waals surface area contributed by atoms with Crippen LogP contribution in [-0.4, -0.2) is 37.2 Å². The van der Waals surface area contributed by atoms with Gasteiger partial charge in [-0.15, -0.1) is 0 Å². The van der Waals surface area contributed by atoms with E-state index in [1.165, 1.54) is 250 Å². The first-order chi connectivity index (χ1) is 37.0. The molecule has 0 fully saturated rings. The summed E-state index contributed by atoms with van der Waals surface area (Å²) in [4.78, 5) is 38.4. The third kappa shape index (κ3) is 62.4. The zero-order valence-electron chi connectivity index (χ0n) is 50.6. The normalized spacial score (nSPS) is 12.2. The number of hydrogen-bond acceptors (Lipinski definition) is 6. The van der Waals surface area contributed by atoms with Gasteiger partial charge in [0, 0.05) is 19.3 Å². The molecule has 0 amide bonds. The molecule has 0 aromatic heterocycles. The van der Waals surface area contributed by atoms with Crippen molar-refractivity contribution in [3.63, 3.8) is 0 Å². The van der Waals surface area contributed by atoms with Crippen LogP contribution in [0, 0.1) is 0 Å². The summed E-state index contributed by atoms with van der Waals surface area (Å²) in [5, 5.41) is 0. The first-order valence-electron chi connectivity index (χ1n) is 33.5. The minimum atomic E-state index is -0.775. The maximum Gasteiger partial charge on any atom is 0.306 e. The number of hydrogen-bond donors (Lipinski definition) is 0. The van der Waals surface area contributed by atoms with Crippen molar-refractivity contribution >= 4 is 17.9 Å². The van der Waals surface area contributed by atoms with Crippen LogP contribution in [0.4, 0.5) is 0 Å². The van der Waals surface area contributed by atoms with Gasteiger partial charge in [-0.3, -0.25) is 14.4 Å². The van der Waals surface area contributed by atoms with Crippen LogP contribution < -0.4 is 0 Å². The van der Waals surface area contributed by atoms with E-state index in [0.29, 0.717) is 19.3 Å². The lowest BCUT2D eigenvalue weighted by atomic mass is 10.0. The van der Waals surface area contributed by atoms with Gasteiger partial charge < -0.3 is 14.2 Å². The average Bonchev–Trinajstić information content (AvgIpc) is 3.41. The van der Waals surface area contributed by atoms with Crippen LogP contribution in [0.1, 0.15) is 367 Å². The second-order valence-corrected chi connectivity index (χ2v) is 22.7. The van der Waals surface area contributed by atoms with Crippen LogP contribution in [0.15, 0.2) is 36.5 Å². The van der Waals surface area contributed by atoms with Gasteiger partial charge in [-0.25, -0.2) is 0 Å². The van der Waals surface area contributed by atoms with Crippen molar-refractivity contribution in [1.29, 1.82) is 0 Å². The van der Waals surface area contributed by atoms with Crippen LogP contribution >= 0.6 is 0 Å². The number of ether oxygens (including phenoxy) is 3. The zero-order valence-corrected chi connectivity index (χ0v) is 50.6. The van der Waals surface area contributed by atoms with E-state index < -0.39 is 6.10 Å². The van der Waals surface area contributed by atoms with E-state index in [1.807, 2.05) is 0 Å². The van der Waals surface area contributed by atoms with Crippen LogP contribution in [0.5, 0.6) is 0 Å². The summed E-state index contributed by atoms with van der Waals surface area (Å²) in [7, 11) is 0. The molecule has 6 heteroatoms. The second kappa shape index (κ2) is 64.2. The standard InChI is InChI=1S/C69H128O6/c1-4-7-10-13-16-19-22-25-28-31-33-35-37-38-41-44-47-50-53-56-59-62-68(71)74-65-66(64-73-67(70)61-58-55-52-49-46-43-40-30-27-24-21-18-15-12-9-6-3)75-69(72)63-60-57-54-51-48-45-42-39-36-34-32-29-26-23-20-17-14-11-8-5-2/h22,25,31,33,37-38,66H,4-21,23-24,26-30,32,34-36,39-65H2,1-3H3/b25-22-,33-31-,38-37-. The van der Waals surface area contributed by atoms with Crippen LogP contribution in [0.2, 0.25) is 0 Å². The van der Waals surface area contributed by atoms with Crippen molar-refractivity contribution < 1.29 is 28.6 Å². The fourth-order valence-corrected chi connectivity index (χ4v) is 10.1. The van der Waals surface area contributed by atoms with Gasteiger partial charge >= 0.3 is 17.9 Å². The van der Waals surface area contributed by atoms with Gasteiger partial charge in [0.25, 0.3) is 0 Å². The van der Waals surface area contributed by atoms with Gasteiger partial charge in [0.15, 0.2) is 6.10 Å². The van der Waals surface area contributed by atoms with Crippen molar-refractivity contribution in [3.05, 3.63) is 36.5 Å². The molecule has 0 aliphatic rings. The molecule has 0 bridgehead atoms. The second-order valence-electron chi connectivity index (χ2n) is 22.7. The van der Waals surface area contributed by atoms with Crippen molar-refractivity contribution in [2.24, 2.45) is 0 Å². The zero-order chi connectivity index (χ0) is 54.3. The summed E-state index contributed by atoms with van der Waals surface area (Å²) in [6, 6.07) is 0. The summed E-state index contributed by atoms with van der Waals surface area (Å²) >= 11 is 0. The number of allylic oxidation sites excluding steroid dienone is 6. The Labute approximate surface area is 467 Å². The molecule has 75 heavy (non-hydrogen) atoms. The fraction of sp³-hybridized carbons (Fsp3) is 0.870. The smallest absolute Gasteiger partial charge is 0.306 e. The Morgan fingerprint density at radius 1 is 0.267 bits per heavy atom. The van der Waals surface area contributed by atoms with Gasteiger partial charge in [-0.1, -0.05) is 327 Å². The Hall–Kier alpha value is -2.37. The first-order valence-corrected chi connectivity index (χ1v) is 33.5. The highest BCUT2D eigenvalue weighted by molar-refractivity contribution is 5.71. The average molecular weight is 1050 g/mol. The molecular formula is C69H128O6. The lowest BCUT2D eigenvalue weighted by Crippen LogP contribution is -2.30. The minimum absolute atomic E-state index is 0.0706. The van der Waals surface area contributed by atoms with Gasteiger partial charge in [-0.05, 0) is 57.8 Å². The number of carbonyl (C=O) groups excluding carboxylic acids is 3. The molecule has 440 valence electrons. The molecule has 0 aliphatic heterocycles. The fourth-order valence-electron chi connectivity index (χ4n) is 10.1. The third-order valence-corrected chi connectivity index (χ3v) is 15.1. The van der Waals surface area contributed by atoms with Crippen LogP contribution in [-0.2, 0) is 28.6 Å². The number of unbranched alkanes of at least 4 members (excludes halogenated alkanes) is 45. The minimum Gasteiger partial charge on any atom is -0.462 e. The first kappa shape index (κ1) is 72.6. The third-order valence-electron chi connectivity index (χ3n) is 15.1. The van der Waals surface area contributed by atoms with Gasteiger partial charge in [0.2, 0.25) is 0 Å². The molecule has 1 atom stereocenters. The maximum atomic E-state index is 12.9. The van der Waals surface area contributed by atoms with E-state index in [9.17, 15) is 14.4 Å². The van der Waals surface area contributed by atoms with Crippen molar-refractivity contribution in [1.82, 2.24) is 0 Å². The van der Waals surface area contributed by atoms with Gasteiger partial charge in [0.05, 0.1) is 0 Å². The molecule has 0 saturated heterocycles. The maximum absolute atomic E-state index is 12.9. The molecule has 0 aromatic rings. The Bertz CT molecular complexity index is 1250. The summed E-state index contributed by atoms with van der Waals surface area (Å²) in [5.41, 5.74) is 0. The Morgan fingerprint density at radius 2 is 0.480 bits per heavy atom. The van der Waals surface area contributed by atoms with Crippen molar-refractivity contribution in [2.45, 2.75) is 374 Å². The molecule has 0 N–H and O–H groups in total. The van der Waals surface area contributed by atoms with Gasteiger partial charge in [0.1, 0.15) is 13.2 Å². The topological polar surface area (TPSA) is 78.9 Å². The summed E-state index contributed by atoms with van der Waals surface area (Å²) < 4.78 is 17.0. The molecule has 0 rings (SSSR count). The molecular weight excluding hydrogens is 925 g/mol. The van der Waals surface area contributed by atoms with E-state index in [4.69, 9.17) is 14.2 Å². The van der Waals surface area contributed by atoms with E-state index in [0.717, 1.165) is 77.0 Å². The molecule has 0 saturated carbocycles. The number of carbonyl (C=O) groups is 3. The summed E-state index contributed by atoms with van der Waals surface area (Å²) in [6.45, 7) is 6.69. The molecule has 0 aliphatic carbocycles. The van der Waals surface area contributed by atoms with Crippen molar-refractivity contribution in [3.8, 4) is 0 Å². The predicted molar refractivity (Wildman–Crippen MR) is 326 cm³/mol. The molecule has 6 nitrogen and oxygen atoms in total. The largest absolute Gasteiger partial charge is 0.462 e.